The maximum Gasteiger partial charge on any atom is 0.573 e. The minimum absolute atomic E-state index is 0.0409. The van der Waals surface area contributed by atoms with Gasteiger partial charge in [-0.3, -0.25) is 9.52 Å². The maximum atomic E-state index is 13.3. The van der Waals surface area contributed by atoms with E-state index in [0.717, 1.165) is 58.9 Å². The van der Waals surface area contributed by atoms with Crippen molar-refractivity contribution in [3.05, 3.63) is 62.3 Å². The first-order chi connectivity index (χ1) is 17.9. The molecule has 1 aliphatic heterocycles. The summed E-state index contributed by atoms with van der Waals surface area (Å²) in [5.41, 5.74) is 5.03. The number of anilines is 3. The molecule has 1 fully saturated rings. The number of benzene rings is 2. The van der Waals surface area contributed by atoms with Gasteiger partial charge in [0.15, 0.2) is 11.0 Å². The molecular weight excluding hydrogens is 563 g/mol. The molecule has 4 rings (SSSR count). The zero-order valence-corrected chi connectivity index (χ0v) is 23.1. The highest BCUT2D eigenvalue weighted by Gasteiger charge is 2.31. The summed E-state index contributed by atoms with van der Waals surface area (Å²) in [5.74, 6) is -0.915. The highest BCUT2D eigenvalue weighted by atomic mass is 35.5. The molecule has 2 N–H and O–H groups in total. The van der Waals surface area contributed by atoms with Gasteiger partial charge in [-0.05, 0) is 61.0 Å². The third kappa shape index (κ3) is 6.42. The number of thiophene rings is 1. The van der Waals surface area contributed by atoms with Crippen LogP contribution in [0.4, 0.5) is 30.2 Å². The van der Waals surface area contributed by atoms with Gasteiger partial charge in [0.2, 0.25) is 0 Å². The van der Waals surface area contributed by atoms with E-state index in [1.807, 2.05) is 26.8 Å². The number of halogens is 4. The minimum atomic E-state index is -4.88. The van der Waals surface area contributed by atoms with E-state index >= 15 is 0 Å². The molecule has 38 heavy (non-hydrogen) atoms. The Labute approximate surface area is 229 Å². The lowest BCUT2D eigenvalue weighted by molar-refractivity contribution is -0.274. The summed E-state index contributed by atoms with van der Waals surface area (Å²) in [7, 11) is -1.96. The van der Waals surface area contributed by atoms with Crippen LogP contribution in [0.5, 0.6) is 5.75 Å². The fraction of sp³-hybridized carbons (Fsp3) is 0.320. The number of hydrogen-bond donors (Lipinski definition) is 2. The number of aryl methyl sites for hydroxylation is 2. The minimum Gasteiger partial charge on any atom is -0.406 e. The van der Waals surface area contributed by atoms with Crippen LogP contribution in [0.1, 0.15) is 26.4 Å². The fourth-order valence-electron chi connectivity index (χ4n) is 4.36. The Kier molecular flexibility index (Phi) is 8.55. The SMILES string of the molecule is Cc1cc(C)c(N2CCOCC2)c(C)c1NC(=O)c1sccc1NS(=O)c1ccc(OC(F)(F)F)cc1Cl. The van der Waals surface area contributed by atoms with Gasteiger partial charge in [-0.2, -0.15) is 0 Å². The van der Waals surface area contributed by atoms with Crippen LogP contribution < -0.4 is 19.7 Å². The number of alkyl halides is 3. The third-order valence-corrected chi connectivity index (χ3v) is 8.41. The van der Waals surface area contributed by atoms with Gasteiger partial charge in [-0.1, -0.05) is 17.7 Å². The van der Waals surface area contributed by atoms with E-state index in [9.17, 15) is 22.2 Å². The zero-order chi connectivity index (χ0) is 27.6. The molecule has 2 aromatic carbocycles. The predicted octanol–water partition coefficient (Wildman–Crippen LogP) is 6.45. The van der Waals surface area contributed by atoms with E-state index in [2.05, 4.69) is 19.7 Å². The normalized spacial score (nSPS) is 14.8. The number of nitrogens with zero attached hydrogens (tertiary/aromatic N) is 1. The molecular formula is C25H25ClF3N3O4S2. The molecule has 1 aromatic heterocycles. The van der Waals surface area contributed by atoms with Crippen LogP contribution in [-0.4, -0.2) is 42.8 Å². The molecule has 0 bridgehead atoms. The summed E-state index contributed by atoms with van der Waals surface area (Å²) in [6.45, 7) is 8.73. The lowest BCUT2D eigenvalue weighted by Crippen LogP contribution is -2.37. The van der Waals surface area contributed by atoms with Gasteiger partial charge in [-0.25, -0.2) is 4.21 Å². The van der Waals surface area contributed by atoms with Crippen molar-refractivity contribution >= 4 is 56.9 Å². The van der Waals surface area contributed by atoms with Gasteiger partial charge in [0, 0.05) is 30.5 Å². The van der Waals surface area contributed by atoms with E-state index < -0.39 is 23.1 Å². The molecule has 0 spiro atoms. The van der Waals surface area contributed by atoms with Crippen LogP contribution in [0.25, 0.3) is 0 Å². The Morgan fingerprint density at radius 1 is 1.13 bits per heavy atom. The van der Waals surface area contributed by atoms with Crippen LogP contribution in [0.3, 0.4) is 0 Å². The first-order valence-electron chi connectivity index (χ1n) is 11.5. The number of ether oxygens (including phenoxy) is 2. The Bertz CT molecular complexity index is 1370. The smallest absolute Gasteiger partial charge is 0.406 e. The van der Waals surface area contributed by atoms with E-state index in [4.69, 9.17) is 16.3 Å². The van der Waals surface area contributed by atoms with Crippen molar-refractivity contribution in [2.75, 3.05) is 41.2 Å². The summed E-state index contributed by atoms with van der Waals surface area (Å²) >= 11 is 7.22. The summed E-state index contributed by atoms with van der Waals surface area (Å²) in [5, 5.41) is 4.50. The second-order valence-electron chi connectivity index (χ2n) is 8.59. The van der Waals surface area contributed by atoms with Gasteiger partial charge >= 0.3 is 6.36 Å². The molecule has 7 nitrogen and oxygen atoms in total. The van der Waals surface area contributed by atoms with E-state index in [-0.39, 0.29) is 15.8 Å². The van der Waals surface area contributed by atoms with E-state index in [0.29, 0.717) is 29.5 Å². The Morgan fingerprint density at radius 2 is 1.84 bits per heavy atom. The Balaban J connectivity index is 1.53. The number of nitrogens with one attached hydrogen (secondary N) is 2. The van der Waals surface area contributed by atoms with Gasteiger partial charge < -0.3 is 19.7 Å². The second kappa shape index (κ2) is 11.5. The monoisotopic (exact) mass is 587 g/mol. The van der Waals surface area contributed by atoms with E-state index in [1.54, 1.807) is 11.4 Å². The van der Waals surface area contributed by atoms with Gasteiger partial charge in [0.05, 0.1) is 28.8 Å². The predicted molar refractivity (Wildman–Crippen MR) is 144 cm³/mol. The van der Waals surface area contributed by atoms with Crippen molar-refractivity contribution in [1.29, 1.82) is 0 Å². The third-order valence-electron chi connectivity index (χ3n) is 5.91. The van der Waals surface area contributed by atoms with Crippen molar-refractivity contribution in [1.82, 2.24) is 0 Å². The van der Waals surface area contributed by atoms with Crippen LogP contribution >= 0.6 is 22.9 Å². The molecule has 2 heterocycles. The van der Waals surface area contributed by atoms with Crippen LogP contribution in [-0.2, 0) is 15.7 Å². The fourth-order valence-corrected chi connectivity index (χ4v) is 6.46. The molecule has 13 heteroatoms. The van der Waals surface area contributed by atoms with Crippen molar-refractivity contribution in [2.45, 2.75) is 32.0 Å². The summed E-state index contributed by atoms with van der Waals surface area (Å²) < 4.78 is 62.4. The average molecular weight is 588 g/mol. The zero-order valence-electron chi connectivity index (χ0n) is 20.7. The highest BCUT2D eigenvalue weighted by molar-refractivity contribution is 7.86. The molecule has 1 saturated heterocycles. The molecule has 0 radical (unpaired) electrons. The summed E-state index contributed by atoms with van der Waals surface area (Å²) in [6, 6.07) is 6.75. The lowest BCUT2D eigenvalue weighted by Gasteiger charge is -2.32. The molecule has 1 unspecified atom stereocenters. The van der Waals surface area contributed by atoms with E-state index in [1.165, 1.54) is 6.07 Å². The van der Waals surface area contributed by atoms with Gasteiger partial charge in [0.25, 0.3) is 5.91 Å². The molecule has 0 saturated carbocycles. The summed E-state index contributed by atoms with van der Waals surface area (Å²) in [6.07, 6.45) is -4.88. The van der Waals surface area contributed by atoms with Gasteiger partial charge in [-0.15, -0.1) is 24.5 Å². The molecule has 204 valence electrons. The second-order valence-corrected chi connectivity index (χ2v) is 11.1. The standard InChI is InChI=1S/C25H25ClF3N3O4S2/c1-14-12-15(2)22(32-7-9-35-10-8-32)16(3)21(14)30-24(33)23-19(6-11-37-23)31-38(34)20-5-4-17(13-18(20)26)36-25(27,28)29/h4-6,11-13,31H,7-10H2,1-3H3,(H,30,33). The number of morpholine rings is 1. The summed E-state index contributed by atoms with van der Waals surface area (Å²) in [4.78, 5) is 15.9. The molecule has 1 aliphatic rings. The number of carbonyl (C=O) groups excluding carboxylic acids is 1. The van der Waals surface area contributed by atoms with Crippen molar-refractivity contribution in [3.8, 4) is 5.75 Å². The van der Waals surface area contributed by atoms with Crippen LogP contribution in [0.2, 0.25) is 5.02 Å². The molecule has 1 atom stereocenters. The van der Waals surface area contributed by atoms with Crippen LogP contribution in [0.15, 0.2) is 40.6 Å². The highest BCUT2D eigenvalue weighted by Crippen LogP contribution is 2.36. The topological polar surface area (TPSA) is 79.9 Å². The average Bonchev–Trinajstić information content (AvgIpc) is 3.29. The maximum absolute atomic E-state index is 13.3. The van der Waals surface area contributed by atoms with Crippen molar-refractivity contribution < 1.29 is 31.6 Å². The Hall–Kier alpha value is -2.80. The van der Waals surface area contributed by atoms with Gasteiger partial charge in [0.1, 0.15) is 10.6 Å². The van der Waals surface area contributed by atoms with Crippen molar-refractivity contribution in [3.63, 3.8) is 0 Å². The first kappa shape index (κ1) is 28.2. The Morgan fingerprint density at radius 3 is 2.50 bits per heavy atom. The molecule has 0 aliphatic carbocycles. The molecule has 1 amide bonds. The lowest BCUT2D eigenvalue weighted by atomic mass is 10.0. The number of hydrogen-bond acceptors (Lipinski definition) is 6. The first-order valence-corrected chi connectivity index (χ1v) is 13.9. The molecule has 3 aromatic rings. The van der Waals surface area contributed by atoms with Crippen LogP contribution in [0, 0.1) is 20.8 Å². The number of carbonyl (C=O) groups is 1. The quantitative estimate of drug-likeness (QED) is 0.332. The number of rotatable bonds is 7. The largest absolute Gasteiger partial charge is 0.573 e. The van der Waals surface area contributed by atoms with Crippen molar-refractivity contribution in [2.24, 2.45) is 0 Å². The number of amides is 1.